The van der Waals surface area contributed by atoms with Crippen LogP contribution in [-0.4, -0.2) is 0 Å². The van der Waals surface area contributed by atoms with Crippen molar-refractivity contribution in [2.45, 2.75) is 12.8 Å². The first-order valence-corrected chi connectivity index (χ1v) is 32.9. The Morgan fingerprint density at radius 1 is 0.170 bits per heavy atom. The van der Waals surface area contributed by atoms with Crippen molar-refractivity contribution in [3.05, 3.63) is 369 Å². The fourth-order valence-corrected chi connectivity index (χ4v) is 15.3. The van der Waals surface area contributed by atoms with E-state index in [9.17, 15) is 0 Å². The summed E-state index contributed by atoms with van der Waals surface area (Å²) in [7, 11) is 0. The highest BCUT2D eigenvalue weighted by atomic mass is 14.4. The second kappa shape index (κ2) is 24.3. The minimum absolute atomic E-state index is 0.970. The van der Waals surface area contributed by atoms with Crippen molar-refractivity contribution in [1.82, 2.24) is 0 Å². The molecule has 0 nitrogen and oxygen atoms in total. The third kappa shape index (κ3) is 9.79. The lowest BCUT2D eigenvalue weighted by molar-refractivity contribution is 0.986. The maximum Gasteiger partial charge on any atom is -0.000138 e. The highest BCUT2D eigenvalue weighted by molar-refractivity contribution is 6.30. The van der Waals surface area contributed by atoms with Crippen LogP contribution in [0, 0.1) is 0 Å². The number of hydrogen-bond acceptors (Lipinski definition) is 0. The van der Waals surface area contributed by atoms with Crippen LogP contribution in [0.15, 0.2) is 358 Å². The van der Waals surface area contributed by atoms with Crippen LogP contribution < -0.4 is 0 Å². The van der Waals surface area contributed by atoms with E-state index in [1.165, 1.54) is 116 Å². The zero-order valence-corrected chi connectivity index (χ0v) is 52.1. The molecule has 0 saturated carbocycles. The monoisotopic (exact) mass is 1190 g/mol. The quantitative estimate of drug-likeness (QED) is 0.107. The van der Waals surface area contributed by atoms with Gasteiger partial charge in [-0.15, -0.1) is 0 Å². The number of benzene rings is 16. The van der Waals surface area contributed by atoms with Gasteiger partial charge in [0.25, 0.3) is 0 Å². The third-order valence-corrected chi connectivity index (χ3v) is 19.3. The molecule has 0 aliphatic heterocycles. The molecule has 0 heteroatoms. The smallest absolute Gasteiger partial charge is 0.000138 e. The second-order valence-electron chi connectivity index (χ2n) is 24.7. The van der Waals surface area contributed by atoms with Crippen LogP contribution in [0.2, 0.25) is 0 Å². The van der Waals surface area contributed by atoms with Crippen molar-refractivity contribution in [3.8, 4) is 134 Å². The predicted octanol–water partition coefficient (Wildman–Crippen LogP) is 26.1. The van der Waals surface area contributed by atoms with E-state index < -0.39 is 0 Å². The molecule has 0 atom stereocenters. The van der Waals surface area contributed by atoms with E-state index >= 15 is 0 Å². The number of fused-ring (bicyclic) bond motifs is 4. The van der Waals surface area contributed by atoms with Gasteiger partial charge in [0, 0.05) is 0 Å². The minimum Gasteiger partial charge on any atom is -0.0836 e. The zero-order valence-electron chi connectivity index (χ0n) is 52.1. The van der Waals surface area contributed by atoms with Gasteiger partial charge in [-0.25, -0.2) is 0 Å². The molecule has 1 aliphatic rings. The van der Waals surface area contributed by atoms with Crippen molar-refractivity contribution in [2.24, 2.45) is 0 Å². The summed E-state index contributed by atoms with van der Waals surface area (Å²) >= 11 is 0. The van der Waals surface area contributed by atoms with E-state index in [0.717, 1.165) is 73.7 Å². The molecule has 94 heavy (non-hydrogen) atoms. The molecule has 0 bridgehead atoms. The van der Waals surface area contributed by atoms with Gasteiger partial charge in [-0.2, -0.15) is 0 Å². The van der Waals surface area contributed by atoms with Crippen LogP contribution in [0.1, 0.15) is 17.5 Å². The largest absolute Gasteiger partial charge is 0.0836 e. The second-order valence-corrected chi connectivity index (χ2v) is 24.7. The zero-order chi connectivity index (χ0) is 62.3. The molecule has 0 unspecified atom stereocenters. The van der Waals surface area contributed by atoms with E-state index in [1.807, 2.05) is 0 Å². The average Bonchev–Trinajstić information content (AvgIpc) is 0.698. The fourth-order valence-electron chi connectivity index (χ4n) is 15.3. The Morgan fingerprint density at radius 3 is 0.755 bits per heavy atom. The van der Waals surface area contributed by atoms with Gasteiger partial charge in [-0.3, -0.25) is 0 Å². The molecule has 0 heterocycles. The Kier molecular flexibility index (Phi) is 14.5. The normalized spacial score (nSPS) is 11.9. The van der Waals surface area contributed by atoms with Gasteiger partial charge in [-0.05, 0) is 196 Å². The van der Waals surface area contributed by atoms with Crippen LogP contribution >= 0.6 is 0 Å². The molecule has 16 aromatic rings. The molecule has 0 radical (unpaired) electrons. The van der Waals surface area contributed by atoms with Crippen molar-refractivity contribution in [1.29, 1.82) is 0 Å². The molecule has 0 aromatic heterocycles. The van der Waals surface area contributed by atoms with E-state index in [-0.39, 0.29) is 0 Å². The van der Waals surface area contributed by atoms with Gasteiger partial charge in [-0.1, -0.05) is 358 Å². The minimum atomic E-state index is 0.970. The molecule has 440 valence electrons. The SMILES string of the molecule is C1=Cc2ccc(-c3c(-c4ccccc4)c(-c4ccccc4)c(-c4ccccc4)c(-c4ccccc4)c3-c3c4ccccc4c(-c4c(-c5ccccc5)c(-c5ccccc5)c(-c5ccccc5)c(-c5ccccc5)c4-c4ccc5ccccc5c4)c4ccccc34)cc2CC1. The lowest BCUT2D eigenvalue weighted by Crippen LogP contribution is -2.05. The van der Waals surface area contributed by atoms with Gasteiger partial charge in [0.15, 0.2) is 0 Å². The van der Waals surface area contributed by atoms with Crippen molar-refractivity contribution < 1.29 is 0 Å². The average molecular weight is 1190 g/mol. The van der Waals surface area contributed by atoms with Crippen LogP contribution in [0.25, 0.3) is 172 Å². The molecule has 0 spiro atoms. The predicted molar refractivity (Wildman–Crippen MR) is 402 cm³/mol. The van der Waals surface area contributed by atoms with Crippen molar-refractivity contribution in [3.63, 3.8) is 0 Å². The molecule has 16 aromatic carbocycles. The van der Waals surface area contributed by atoms with Crippen LogP contribution in [-0.2, 0) is 6.42 Å². The first-order chi connectivity index (χ1) is 46.7. The standard InChI is InChI=1S/C94H64/c1-9-35-65(36-10-1)81-83(67-39-13-3-14-40-67)87(71-47-21-7-22-48-71)93(89(85(81)69-43-17-5-18-44-69)75-59-57-63-33-25-27-51-73(63)61-75)91-77-53-29-31-55-79(77)92(80-56-32-30-54-78(80)91)94-88(72-49-23-8-24-50-72)84(68-41-15-4-16-42-68)82(66-37-11-2-12-38-66)86(70-45-19-6-20-46-70)90(94)76-60-58-64-34-26-28-52-74(64)62-76/h1-27,29-51,53-62H,28,52H2. The lowest BCUT2D eigenvalue weighted by atomic mass is 9.70. The van der Waals surface area contributed by atoms with Gasteiger partial charge < -0.3 is 0 Å². The molecule has 17 rings (SSSR count). The first-order valence-electron chi connectivity index (χ1n) is 32.9. The maximum atomic E-state index is 2.53. The van der Waals surface area contributed by atoms with E-state index in [4.69, 9.17) is 0 Å². The summed E-state index contributed by atoms with van der Waals surface area (Å²) in [5.41, 5.74) is 30.8. The van der Waals surface area contributed by atoms with E-state index in [2.05, 4.69) is 364 Å². The Hall–Kier alpha value is -12.0. The van der Waals surface area contributed by atoms with Crippen molar-refractivity contribution in [2.75, 3.05) is 0 Å². The first kappa shape index (κ1) is 56.1. The Bertz CT molecular complexity index is 5460. The van der Waals surface area contributed by atoms with Gasteiger partial charge >= 0.3 is 0 Å². The van der Waals surface area contributed by atoms with Gasteiger partial charge in [0.05, 0.1) is 0 Å². The highest BCUT2D eigenvalue weighted by Crippen LogP contribution is 2.62. The van der Waals surface area contributed by atoms with Crippen LogP contribution in [0.4, 0.5) is 0 Å². The van der Waals surface area contributed by atoms with Crippen LogP contribution in [0.5, 0.6) is 0 Å². The topological polar surface area (TPSA) is 0 Å². The summed E-state index contributed by atoms with van der Waals surface area (Å²) in [6.07, 6.45) is 6.62. The summed E-state index contributed by atoms with van der Waals surface area (Å²) in [4.78, 5) is 0. The van der Waals surface area contributed by atoms with Gasteiger partial charge in [0.2, 0.25) is 0 Å². The van der Waals surface area contributed by atoms with E-state index in [1.54, 1.807) is 0 Å². The fraction of sp³-hybridized carbons (Fsp3) is 0.0213. The van der Waals surface area contributed by atoms with Crippen molar-refractivity contribution >= 4 is 38.4 Å². The van der Waals surface area contributed by atoms with Crippen LogP contribution in [0.3, 0.4) is 0 Å². The lowest BCUT2D eigenvalue weighted by Gasteiger charge is -2.32. The summed E-state index contributed by atoms with van der Waals surface area (Å²) in [5.74, 6) is 0. The van der Waals surface area contributed by atoms with Gasteiger partial charge in [0.1, 0.15) is 0 Å². The molecule has 0 N–H and O–H groups in total. The number of aryl methyl sites for hydroxylation is 1. The summed E-state index contributed by atoms with van der Waals surface area (Å²) in [5, 5.41) is 7.04. The Labute approximate surface area is 550 Å². The summed E-state index contributed by atoms with van der Waals surface area (Å²) in [6, 6.07) is 132. The number of hydrogen-bond donors (Lipinski definition) is 0. The molecule has 1 aliphatic carbocycles. The Balaban J connectivity index is 1.15. The maximum absolute atomic E-state index is 2.53. The Morgan fingerprint density at radius 2 is 0.426 bits per heavy atom. The third-order valence-electron chi connectivity index (χ3n) is 19.3. The highest BCUT2D eigenvalue weighted by Gasteiger charge is 2.35. The summed E-state index contributed by atoms with van der Waals surface area (Å²) in [6.45, 7) is 0. The number of rotatable bonds is 12. The molecular formula is C94H64. The molecule has 0 fully saturated rings. The van der Waals surface area contributed by atoms with E-state index in [0.29, 0.717) is 0 Å². The molecular weight excluding hydrogens is 1130 g/mol. The molecule has 0 amide bonds. The number of allylic oxidation sites excluding steroid dienone is 1. The summed E-state index contributed by atoms with van der Waals surface area (Å²) < 4.78 is 0. The molecule has 0 saturated heterocycles.